The Balaban J connectivity index is 1.69. The number of rotatable bonds is 0. The van der Waals surface area contributed by atoms with Crippen LogP contribution in [0.5, 0.6) is 0 Å². The number of aryl methyl sites for hydroxylation is 2. The zero-order valence-electron chi connectivity index (χ0n) is 16.6. The second kappa shape index (κ2) is 5.55. The summed E-state index contributed by atoms with van der Waals surface area (Å²) in [6, 6.07) is 3.14. The number of carbonyl (C=O) groups excluding carboxylic acids is 1. The SMILES string of the molecule is Cc1c(F)cc2nc3c(c4c2c1CCC4)Cn1c-3cc2c(c1=O)COC(=O)C2(C)O. The Morgan fingerprint density at radius 3 is 2.73 bits per heavy atom. The predicted octanol–water partition coefficient (Wildman–Crippen LogP) is 2.63. The zero-order valence-corrected chi connectivity index (χ0v) is 16.6. The van der Waals surface area contributed by atoms with Gasteiger partial charge >= 0.3 is 5.97 Å². The van der Waals surface area contributed by atoms with Crippen molar-refractivity contribution < 1.29 is 19.0 Å². The van der Waals surface area contributed by atoms with Crippen molar-refractivity contribution in [2.24, 2.45) is 0 Å². The van der Waals surface area contributed by atoms with Gasteiger partial charge in [-0.3, -0.25) is 4.79 Å². The number of cyclic esters (lactones) is 1. The maximum atomic E-state index is 14.6. The van der Waals surface area contributed by atoms with Gasteiger partial charge in [0.05, 0.1) is 29.0 Å². The lowest BCUT2D eigenvalue weighted by atomic mass is 9.84. The molecule has 152 valence electrons. The van der Waals surface area contributed by atoms with E-state index in [-0.39, 0.29) is 29.1 Å². The third-order valence-electron chi connectivity index (χ3n) is 6.90. The molecule has 2 aromatic heterocycles. The van der Waals surface area contributed by atoms with Crippen molar-refractivity contribution in [3.63, 3.8) is 0 Å². The minimum absolute atomic E-state index is 0.156. The van der Waals surface area contributed by atoms with Gasteiger partial charge in [0.25, 0.3) is 5.56 Å². The fourth-order valence-electron chi connectivity index (χ4n) is 5.27. The quantitative estimate of drug-likeness (QED) is 0.454. The van der Waals surface area contributed by atoms with Crippen molar-refractivity contribution in [2.75, 3.05) is 0 Å². The van der Waals surface area contributed by atoms with E-state index >= 15 is 0 Å². The standard InChI is InChI=1S/C23H19FN2O4/c1-10-11-4-3-5-12-13-8-26-18(20(13)25-17(19(11)12)7-16(10)24)6-15-14(21(26)27)9-30-22(28)23(15,2)29/h6-7,29H,3-5,8-9H2,1-2H3. The fraction of sp³-hybridized carbons (Fsp3) is 0.348. The maximum Gasteiger partial charge on any atom is 0.342 e. The smallest absolute Gasteiger partial charge is 0.342 e. The topological polar surface area (TPSA) is 81.4 Å². The molecule has 2 aliphatic heterocycles. The van der Waals surface area contributed by atoms with Gasteiger partial charge in [0, 0.05) is 22.6 Å². The Kier molecular flexibility index (Phi) is 3.28. The number of aliphatic hydroxyl groups is 1. The van der Waals surface area contributed by atoms with Gasteiger partial charge in [0.15, 0.2) is 5.60 Å². The average molecular weight is 406 g/mol. The molecule has 0 radical (unpaired) electrons. The van der Waals surface area contributed by atoms with Crippen LogP contribution in [0.2, 0.25) is 0 Å². The minimum atomic E-state index is -1.90. The van der Waals surface area contributed by atoms with Gasteiger partial charge in [0.1, 0.15) is 12.4 Å². The van der Waals surface area contributed by atoms with Crippen LogP contribution in [-0.2, 0) is 41.1 Å². The van der Waals surface area contributed by atoms with E-state index in [1.165, 1.54) is 13.0 Å². The molecule has 0 saturated heterocycles. The van der Waals surface area contributed by atoms with Crippen LogP contribution in [0.15, 0.2) is 16.9 Å². The van der Waals surface area contributed by atoms with Crippen molar-refractivity contribution in [3.05, 3.63) is 61.7 Å². The third-order valence-corrected chi connectivity index (χ3v) is 6.90. The highest BCUT2D eigenvalue weighted by Crippen LogP contribution is 2.42. The maximum absolute atomic E-state index is 14.6. The molecule has 1 aliphatic carbocycles. The van der Waals surface area contributed by atoms with Crippen LogP contribution in [0.3, 0.4) is 0 Å². The van der Waals surface area contributed by atoms with E-state index in [0.717, 1.165) is 41.3 Å². The van der Waals surface area contributed by atoms with Gasteiger partial charge in [-0.05, 0) is 55.9 Å². The second-order valence-electron chi connectivity index (χ2n) is 8.59. The summed E-state index contributed by atoms with van der Waals surface area (Å²) < 4.78 is 21.2. The van der Waals surface area contributed by atoms with Gasteiger partial charge < -0.3 is 14.4 Å². The molecule has 0 amide bonds. The van der Waals surface area contributed by atoms with E-state index in [0.29, 0.717) is 29.0 Å². The molecule has 0 fully saturated rings. The molecule has 3 aliphatic rings. The van der Waals surface area contributed by atoms with Gasteiger partial charge in [-0.15, -0.1) is 0 Å². The number of hydrogen-bond donors (Lipinski definition) is 1. The zero-order chi connectivity index (χ0) is 20.9. The molecule has 0 spiro atoms. The van der Waals surface area contributed by atoms with E-state index < -0.39 is 11.6 Å². The predicted molar refractivity (Wildman–Crippen MR) is 107 cm³/mol. The number of ether oxygens (including phenoxy) is 1. The summed E-state index contributed by atoms with van der Waals surface area (Å²) in [6.45, 7) is 3.36. The van der Waals surface area contributed by atoms with Gasteiger partial charge in [-0.1, -0.05) is 0 Å². The molecule has 1 unspecified atom stereocenters. The summed E-state index contributed by atoms with van der Waals surface area (Å²) in [4.78, 5) is 30.1. The molecule has 0 saturated carbocycles. The van der Waals surface area contributed by atoms with Gasteiger partial charge in [-0.25, -0.2) is 14.2 Å². The second-order valence-corrected chi connectivity index (χ2v) is 8.59. The van der Waals surface area contributed by atoms with Gasteiger partial charge in [-0.2, -0.15) is 0 Å². The molecular formula is C23H19FN2O4. The van der Waals surface area contributed by atoms with Crippen molar-refractivity contribution >= 4 is 16.9 Å². The first-order valence-electron chi connectivity index (χ1n) is 10.1. The Morgan fingerprint density at radius 1 is 1.17 bits per heavy atom. The van der Waals surface area contributed by atoms with E-state index in [4.69, 9.17) is 9.72 Å². The Bertz CT molecular complexity index is 1390. The molecule has 6 rings (SSSR count). The summed E-state index contributed by atoms with van der Waals surface area (Å²) in [7, 11) is 0. The molecule has 0 bridgehead atoms. The van der Waals surface area contributed by atoms with Crippen LogP contribution in [0.25, 0.3) is 22.3 Å². The first kappa shape index (κ1) is 17.8. The van der Waals surface area contributed by atoms with Crippen molar-refractivity contribution in [2.45, 2.75) is 51.9 Å². The number of benzene rings is 1. The molecule has 30 heavy (non-hydrogen) atoms. The molecule has 4 heterocycles. The minimum Gasteiger partial charge on any atom is -0.458 e. The lowest BCUT2D eigenvalue weighted by Crippen LogP contribution is -2.42. The van der Waals surface area contributed by atoms with Crippen LogP contribution in [0.4, 0.5) is 4.39 Å². The first-order valence-corrected chi connectivity index (χ1v) is 10.1. The van der Waals surface area contributed by atoms with Crippen LogP contribution in [0, 0.1) is 12.7 Å². The first-order chi connectivity index (χ1) is 14.3. The van der Waals surface area contributed by atoms with E-state index in [1.54, 1.807) is 17.6 Å². The Labute approximate surface area is 170 Å². The van der Waals surface area contributed by atoms with E-state index in [2.05, 4.69) is 0 Å². The van der Waals surface area contributed by atoms with Gasteiger partial charge in [0.2, 0.25) is 0 Å². The Morgan fingerprint density at radius 2 is 1.93 bits per heavy atom. The summed E-state index contributed by atoms with van der Waals surface area (Å²) in [5, 5.41) is 11.7. The molecule has 1 aromatic carbocycles. The van der Waals surface area contributed by atoms with Crippen LogP contribution in [0.1, 0.15) is 46.7 Å². The van der Waals surface area contributed by atoms with Crippen LogP contribution in [-0.4, -0.2) is 20.6 Å². The van der Waals surface area contributed by atoms with Crippen LogP contribution < -0.4 is 5.56 Å². The number of nitrogens with zero attached hydrogens (tertiary/aromatic N) is 2. The number of pyridine rings is 2. The number of esters is 1. The summed E-state index contributed by atoms with van der Waals surface area (Å²) in [6.07, 6.45) is 2.58. The average Bonchev–Trinajstić information content (AvgIpc) is 3.09. The van der Waals surface area contributed by atoms with Crippen molar-refractivity contribution in [3.8, 4) is 11.4 Å². The third kappa shape index (κ3) is 2.03. The largest absolute Gasteiger partial charge is 0.458 e. The monoisotopic (exact) mass is 406 g/mol. The number of aromatic nitrogens is 2. The molecule has 7 heteroatoms. The van der Waals surface area contributed by atoms with E-state index in [9.17, 15) is 19.1 Å². The van der Waals surface area contributed by atoms with E-state index in [1.807, 2.05) is 0 Å². The fourth-order valence-corrected chi connectivity index (χ4v) is 5.27. The number of carbonyl (C=O) groups is 1. The molecule has 3 aromatic rings. The number of hydrogen-bond acceptors (Lipinski definition) is 5. The highest BCUT2D eigenvalue weighted by molar-refractivity contribution is 5.92. The number of halogens is 1. The number of fused-ring (bicyclic) bond motifs is 5. The summed E-state index contributed by atoms with van der Waals surface area (Å²) in [5.41, 5.74) is 3.90. The summed E-state index contributed by atoms with van der Waals surface area (Å²) in [5.74, 6) is -1.05. The van der Waals surface area contributed by atoms with Crippen molar-refractivity contribution in [1.82, 2.24) is 9.55 Å². The molecule has 6 nitrogen and oxygen atoms in total. The lowest BCUT2D eigenvalue weighted by Gasteiger charge is -2.29. The molecular weight excluding hydrogens is 387 g/mol. The molecule has 1 N–H and O–H groups in total. The van der Waals surface area contributed by atoms with Crippen molar-refractivity contribution in [1.29, 1.82) is 0 Å². The normalized spacial score (nSPS) is 21.3. The molecule has 1 atom stereocenters. The highest BCUT2D eigenvalue weighted by Gasteiger charge is 2.43. The summed E-state index contributed by atoms with van der Waals surface area (Å²) >= 11 is 0. The lowest BCUT2D eigenvalue weighted by molar-refractivity contribution is -0.169. The van der Waals surface area contributed by atoms with Crippen LogP contribution >= 0.6 is 0 Å². The Hall–Kier alpha value is -3.06. The highest BCUT2D eigenvalue weighted by atomic mass is 19.1.